The number of carbonyl (C=O) groups is 1. The fraction of sp³-hybridized carbons (Fsp3) is 0. The zero-order valence-electron chi connectivity index (χ0n) is 15.8. The number of thiazole rings is 1. The summed E-state index contributed by atoms with van der Waals surface area (Å²) in [6.45, 7) is 0. The smallest absolute Gasteiger partial charge is 0.266 e. The first-order valence-electron chi connectivity index (χ1n) is 9.26. The highest BCUT2D eigenvalue weighted by atomic mass is 35.5. The van der Waals surface area contributed by atoms with Gasteiger partial charge < -0.3 is 0 Å². The van der Waals surface area contributed by atoms with Crippen LogP contribution in [-0.2, 0) is 4.79 Å². The van der Waals surface area contributed by atoms with Gasteiger partial charge in [0.2, 0.25) is 0 Å². The number of hydrogen-bond acceptors (Lipinski definition) is 5. The topological polar surface area (TPSA) is 45.6 Å². The molecule has 0 radical (unpaired) electrons. The molecule has 3 aromatic carbocycles. The van der Waals surface area contributed by atoms with Crippen LogP contribution >= 0.6 is 46.3 Å². The van der Waals surface area contributed by atoms with Crippen molar-refractivity contribution in [1.29, 1.82) is 0 Å². The van der Waals surface area contributed by atoms with Gasteiger partial charge in [-0.15, -0.1) is 11.3 Å². The summed E-state index contributed by atoms with van der Waals surface area (Å²) in [4.78, 5) is 24.2. The number of halogens is 2. The molecule has 0 unspecified atom stereocenters. The zero-order chi connectivity index (χ0) is 21.4. The first kappa shape index (κ1) is 20.3. The molecule has 1 aliphatic heterocycles. The average molecular weight is 482 g/mol. The van der Waals surface area contributed by atoms with Gasteiger partial charge in [-0.1, -0.05) is 47.5 Å². The Hall–Kier alpha value is -2.64. The summed E-state index contributed by atoms with van der Waals surface area (Å²) in [7, 11) is 0. The summed E-state index contributed by atoms with van der Waals surface area (Å²) in [5.74, 6) is -0.208. The maximum Gasteiger partial charge on any atom is 0.283 e. The first-order chi connectivity index (χ1) is 15.1. The highest BCUT2D eigenvalue weighted by Crippen LogP contribution is 2.36. The number of aromatic nitrogens is 1. The predicted octanol–water partition coefficient (Wildman–Crippen LogP) is 7.14. The van der Waals surface area contributed by atoms with Gasteiger partial charge in [-0.2, -0.15) is 0 Å². The second kappa shape index (κ2) is 8.48. The number of aliphatic imine (C=N–C) groups is 1. The second-order valence-electron chi connectivity index (χ2n) is 6.64. The van der Waals surface area contributed by atoms with Crippen molar-refractivity contribution in [2.24, 2.45) is 4.99 Å². The average Bonchev–Trinajstić information content (AvgIpc) is 3.31. The molecule has 0 spiro atoms. The number of amidine groups is 1. The number of benzene rings is 3. The third-order valence-corrected chi connectivity index (χ3v) is 7.10. The number of rotatable bonds is 3. The van der Waals surface area contributed by atoms with Gasteiger partial charge in [0.1, 0.15) is 5.70 Å². The van der Waals surface area contributed by atoms with E-state index in [0.717, 1.165) is 20.1 Å². The van der Waals surface area contributed by atoms with Crippen LogP contribution in [0.3, 0.4) is 0 Å². The van der Waals surface area contributed by atoms with E-state index in [9.17, 15) is 4.79 Å². The summed E-state index contributed by atoms with van der Waals surface area (Å²) in [5, 5.41) is 1.79. The SMILES string of the molecule is O=C1/C(=C/c2ccc(Cl)cc2)N=C(Sc2nc3ccccc3s2)N1c1ccc(Cl)cc1. The Morgan fingerprint density at radius 2 is 1.58 bits per heavy atom. The van der Waals surface area contributed by atoms with Crippen molar-refractivity contribution in [3.05, 3.63) is 94.1 Å². The quantitative estimate of drug-likeness (QED) is 0.292. The molecule has 0 bridgehead atoms. The molecule has 0 atom stereocenters. The van der Waals surface area contributed by atoms with Gasteiger partial charge in [-0.25, -0.2) is 9.98 Å². The third kappa shape index (κ3) is 4.25. The molecule has 0 aliphatic carbocycles. The minimum absolute atomic E-state index is 0.208. The van der Waals surface area contributed by atoms with E-state index in [1.54, 1.807) is 58.7 Å². The van der Waals surface area contributed by atoms with Gasteiger partial charge in [0.05, 0.1) is 15.9 Å². The Kier molecular flexibility index (Phi) is 5.54. The lowest BCUT2D eigenvalue weighted by Gasteiger charge is -2.17. The molecular formula is C23H13Cl2N3OS2. The molecule has 0 saturated carbocycles. The molecule has 5 rings (SSSR count). The van der Waals surface area contributed by atoms with Gasteiger partial charge in [-0.05, 0) is 71.9 Å². The van der Waals surface area contributed by atoms with Crippen LogP contribution in [0, 0.1) is 0 Å². The van der Waals surface area contributed by atoms with Crippen molar-refractivity contribution in [3.8, 4) is 0 Å². The molecule has 8 heteroatoms. The monoisotopic (exact) mass is 481 g/mol. The van der Waals surface area contributed by atoms with Gasteiger partial charge in [0, 0.05) is 10.0 Å². The Bertz CT molecular complexity index is 1310. The molecule has 0 saturated heterocycles. The number of hydrogen-bond donors (Lipinski definition) is 0. The van der Waals surface area contributed by atoms with Crippen LogP contribution in [0.1, 0.15) is 5.56 Å². The van der Waals surface area contributed by atoms with Crippen LogP contribution < -0.4 is 4.90 Å². The molecule has 1 amide bonds. The van der Waals surface area contributed by atoms with Crippen LogP contribution in [0.2, 0.25) is 10.0 Å². The molecule has 1 aromatic heterocycles. The minimum atomic E-state index is -0.208. The number of nitrogens with zero attached hydrogens (tertiary/aromatic N) is 3. The Labute approximate surface area is 196 Å². The summed E-state index contributed by atoms with van der Waals surface area (Å²) in [6.07, 6.45) is 1.76. The molecule has 152 valence electrons. The van der Waals surface area contributed by atoms with Crippen molar-refractivity contribution in [2.45, 2.75) is 4.34 Å². The van der Waals surface area contributed by atoms with Crippen molar-refractivity contribution in [3.63, 3.8) is 0 Å². The van der Waals surface area contributed by atoms with E-state index in [0.29, 0.717) is 26.6 Å². The summed E-state index contributed by atoms with van der Waals surface area (Å²) >= 11 is 15.0. The fourth-order valence-electron chi connectivity index (χ4n) is 3.07. The molecule has 2 heterocycles. The summed E-state index contributed by atoms with van der Waals surface area (Å²) < 4.78 is 1.91. The molecule has 0 fully saturated rings. The standard InChI is InChI=1S/C23H13Cl2N3OS2/c24-15-7-5-14(6-8-15)13-19-21(29)28(17-11-9-16(25)10-12-17)22(26-19)31-23-27-18-3-1-2-4-20(18)30-23/h1-13H/b19-13-. The van der Waals surface area contributed by atoms with E-state index < -0.39 is 0 Å². The van der Waals surface area contributed by atoms with Gasteiger partial charge >= 0.3 is 0 Å². The lowest BCUT2D eigenvalue weighted by atomic mass is 10.2. The van der Waals surface area contributed by atoms with Crippen molar-refractivity contribution >= 4 is 79.4 Å². The van der Waals surface area contributed by atoms with Crippen LogP contribution in [0.25, 0.3) is 16.3 Å². The van der Waals surface area contributed by atoms with Crippen molar-refractivity contribution < 1.29 is 4.79 Å². The third-order valence-electron chi connectivity index (χ3n) is 4.54. The zero-order valence-corrected chi connectivity index (χ0v) is 19.0. The molecule has 1 aliphatic rings. The molecule has 4 aromatic rings. The number of carbonyl (C=O) groups excluding carboxylic acids is 1. The molecular weight excluding hydrogens is 469 g/mol. The Morgan fingerprint density at radius 3 is 2.29 bits per heavy atom. The van der Waals surface area contributed by atoms with Crippen molar-refractivity contribution in [1.82, 2.24) is 4.98 Å². The highest BCUT2D eigenvalue weighted by molar-refractivity contribution is 8.15. The fourth-order valence-corrected chi connectivity index (χ4v) is 5.40. The maximum absolute atomic E-state index is 13.3. The number of fused-ring (bicyclic) bond motifs is 1. The maximum atomic E-state index is 13.3. The van der Waals surface area contributed by atoms with Crippen LogP contribution in [0.15, 0.2) is 87.8 Å². The Balaban J connectivity index is 1.55. The number of thioether (sulfide) groups is 1. The molecule has 4 nitrogen and oxygen atoms in total. The second-order valence-corrected chi connectivity index (χ2v) is 9.76. The number of para-hydroxylation sites is 1. The Morgan fingerprint density at radius 1 is 0.903 bits per heavy atom. The normalized spacial score (nSPS) is 15.2. The van der Waals surface area contributed by atoms with E-state index in [4.69, 9.17) is 23.2 Å². The number of amides is 1. The van der Waals surface area contributed by atoms with Crippen LogP contribution in [-0.4, -0.2) is 16.1 Å². The summed E-state index contributed by atoms with van der Waals surface area (Å²) in [6, 6.07) is 22.3. The number of anilines is 1. The van der Waals surface area contributed by atoms with Crippen molar-refractivity contribution in [2.75, 3.05) is 4.90 Å². The first-order valence-corrected chi connectivity index (χ1v) is 11.7. The largest absolute Gasteiger partial charge is 0.283 e. The van der Waals surface area contributed by atoms with Crippen LogP contribution in [0.5, 0.6) is 0 Å². The van der Waals surface area contributed by atoms with E-state index in [1.807, 2.05) is 36.4 Å². The van der Waals surface area contributed by atoms with Gasteiger partial charge in [0.25, 0.3) is 5.91 Å². The molecule has 0 N–H and O–H groups in total. The highest BCUT2D eigenvalue weighted by Gasteiger charge is 2.33. The van der Waals surface area contributed by atoms with E-state index >= 15 is 0 Å². The molecule has 31 heavy (non-hydrogen) atoms. The lowest BCUT2D eigenvalue weighted by molar-refractivity contribution is -0.113. The lowest BCUT2D eigenvalue weighted by Crippen LogP contribution is -2.30. The van der Waals surface area contributed by atoms with Gasteiger partial charge in [-0.3, -0.25) is 9.69 Å². The van der Waals surface area contributed by atoms with Crippen LogP contribution in [0.4, 0.5) is 5.69 Å². The van der Waals surface area contributed by atoms with Gasteiger partial charge in [0.15, 0.2) is 9.51 Å². The minimum Gasteiger partial charge on any atom is -0.266 e. The summed E-state index contributed by atoms with van der Waals surface area (Å²) in [5.41, 5.74) is 2.82. The van der Waals surface area contributed by atoms with E-state index in [1.165, 1.54) is 11.8 Å². The van der Waals surface area contributed by atoms with E-state index in [2.05, 4.69) is 9.98 Å². The predicted molar refractivity (Wildman–Crippen MR) is 131 cm³/mol. The van der Waals surface area contributed by atoms with E-state index in [-0.39, 0.29) is 5.91 Å².